The first kappa shape index (κ1) is 16.7. The van der Waals surface area contributed by atoms with Crippen molar-refractivity contribution in [2.24, 2.45) is 5.41 Å². The van der Waals surface area contributed by atoms with Crippen molar-refractivity contribution in [3.63, 3.8) is 0 Å². The highest BCUT2D eigenvalue weighted by Crippen LogP contribution is 2.20. The molecule has 0 unspecified atom stereocenters. The van der Waals surface area contributed by atoms with E-state index in [4.69, 9.17) is 5.11 Å². The van der Waals surface area contributed by atoms with E-state index >= 15 is 0 Å². The zero-order valence-corrected chi connectivity index (χ0v) is 13.6. The SMILES string of the molecule is Cc1ccc(CC(=O)NCCC(C)(C)C(=O)O)cc1Br. The van der Waals surface area contributed by atoms with Crippen LogP contribution in [0.4, 0.5) is 0 Å². The number of amides is 1. The van der Waals surface area contributed by atoms with Gasteiger partial charge in [0.25, 0.3) is 0 Å². The van der Waals surface area contributed by atoms with Gasteiger partial charge in [0.1, 0.15) is 0 Å². The number of hydrogen-bond donors (Lipinski definition) is 2. The zero-order valence-electron chi connectivity index (χ0n) is 12.0. The quantitative estimate of drug-likeness (QED) is 0.835. The number of carboxylic acid groups (broad SMARTS) is 1. The summed E-state index contributed by atoms with van der Waals surface area (Å²) in [6.45, 7) is 5.66. The molecule has 0 atom stereocenters. The highest BCUT2D eigenvalue weighted by molar-refractivity contribution is 9.10. The molecule has 0 radical (unpaired) electrons. The number of hydrogen-bond acceptors (Lipinski definition) is 2. The molecule has 1 aromatic rings. The standard InChI is InChI=1S/C15H20BrNO3/c1-10-4-5-11(8-12(10)16)9-13(18)17-7-6-15(2,3)14(19)20/h4-5,8H,6-7,9H2,1-3H3,(H,17,18)(H,19,20). The van der Waals surface area contributed by atoms with E-state index in [1.54, 1.807) is 13.8 Å². The molecule has 110 valence electrons. The average Bonchev–Trinajstić information content (AvgIpc) is 2.33. The average molecular weight is 342 g/mol. The van der Waals surface area contributed by atoms with E-state index in [0.29, 0.717) is 19.4 Å². The van der Waals surface area contributed by atoms with Crippen LogP contribution < -0.4 is 5.32 Å². The highest BCUT2D eigenvalue weighted by Gasteiger charge is 2.26. The summed E-state index contributed by atoms with van der Waals surface area (Å²) in [5, 5.41) is 11.7. The van der Waals surface area contributed by atoms with Crippen LogP contribution in [0.15, 0.2) is 22.7 Å². The molecule has 0 aliphatic heterocycles. The fraction of sp³-hybridized carbons (Fsp3) is 0.467. The first-order chi connectivity index (χ1) is 9.22. The van der Waals surface area contributed by atoms with Crippen LogP contribution in [0.25, 0.3) is 0 Å². The van der Waals surface area contributed by atoms with Crippen molar-refractivity contribution < 1.29 is 14.7 Å². The van der Waals surface area contributed by atoms with Gasteiger partial charge in [0.2, 0.25) is 5.91 Å². The lowest BCUT2D eigenvalue weighted by Crippen LogP contribution is -2.32. The van der Waals surface area contributed by atoms with Crippen LogP contribution in [0.3, 0.4) is 0 Å². The number of halogens is 1. The van der Waals surface area contributed by atoms with Crippen LogP contribution in [0, 0.1) is 12.3 Å². The molecule has 1 aromatic carbocycles. The normalized spacial score (nSPS) is 11.2. The topological polar surface area (TPSA) is 66.4 Å². The van der Waals surface area contributed by atoms with Crippen LogP contribution in [0.2, 0.25) is 0 Å². The van der Waals surface area contributed by atoms with Gasteiger partial charge in [-0.2, -0.15) is 0 Å². The molecule has 4 nitrogen and oxygen atoms in total. The fourth-order valence-corrected chi connectivity index (χ4v) is 2.04. The summed E-state index contributed by atoms with van der Waals surface area (Å²) in [6, 6.07) is 5.80. The van der Waals surface area contributed by atoms with Crippen molar-refractivity contribution in [3.8, 4) is 0 Å². The second-order valence-corrected chi connectivity index (χ2v) is 6.40. The Morgan fingerprint density at radius 1 is 1.35 bits per heavy atom. The Labute approximate surface area is 127 Å². The summed E-state index contributed by atoms with van der Waals surface area (Å²) < 4.78 is 0.981. The lowest BCUT2D eigenvalue weighted by Gasteiger charge is -2.18. The largest absolute Gasteiger partial charge is 0.481 e. The molecule has 0 heterocycles. The van der Waals surface area contributed by atoms with Gasteiger partial charge in [-0.05, 0) is 44.4 Å². The summed E-state index contributed by atoms with van der Waals surface area (Å²) >= 11 is 3.43. The molecular formula is C15H20BrNO3. The number of carboxylic acids is 1. The molecule has 0 aliphatic rings. The summed E-state index contributed by atoms with van der Waals surface area (Å²) in [4.78, 5) is 22.7. The lowest BCUT2D eigenvalue weighted by molar-refractivity contribution is -0.147. The van der Waals surface area contributed by atoms with Gasteiger partial charge in [0, 0.05) is 11.0 Å². The maximum Gasteiger partial charge on any atom is 0.309 e. The van der Waals surface area contributed by atoms with Crippen molar-refractivity contribution >= 4 is 27.8 Å². The number of nitrogens with one attached hydrogen (secondary N) is 1. The van der Waals surface area contributed by atoms with E-state index in [0.717, 1.165) is 15.6 Å². The van der Waals surface area contributed by atoms with Gasteiger partial charge in [0.05, 0.1) is 11.8 Å². The van der Waals surface area contributed by atoms with Gasteiger partial charge in [-0.3, -0.25) is 9.59 Å². The highest BCUT2D eigenvalue weighted by atomic mass is 79.9. The van der Waals surface area contributed by atoms with Crippen molar-refractivity contribution in [1.82, 2.24) is 5.32 Å². The van der Waals surface area contributed by atoms with E-state index < -0.39 is 11.4 Å². The van der Waals surface area contributed by atoms with Crippen molar-refractivity contribution in [2.75, 3.05) is 6.54 Å². The van der Waals surface area contributed by atoms with Gasteiger partial charge in [-0.15, -0.1) is 0 Å². The minimum absolute atomic E-state index is 0.0954. The van der Waals surface area contributed by atoms with Gasteiger partial charge in [-0.1, -0.05) is 28.1 Å². The lowest BCUT2D eigenvalue weighted by atomic mass is 9.90. The Balaban J connectivity index is 2.44. The predicted molar refractivity (Wildman–Crippen MR) is 81.6 cm³/mol. The zero-order chi connectivity index (χ0) is 15.3. The van der Waals surface area contributed by atoms with Gasteiger partial charge < -0.3 is 10.4 Å². The third-order valence-corrected chi connectivity index (χ3v) is 4.11. The number of carbonyl (C=O) groups excluding carboxylic acids is 1. The molecular weight excluding hydrogens is 322 g/mol. The number of rotatable bonds is 6. The minimum atomic E-state index is -0.853. The Morgan fingerprint density at radius 2 is 2.00 bits per heavy atom. The van der Waals surface area contributed by atoms with E-state index in [2.05, 4.69) is 21.2 Å². The molecule has 20 heavy (non-hydrogen) atoms. The Kier molecular flexibility index (Phi) is 5.74. The Morgan fingerprint density at radius 3 is 2.55 bits per heavy atom. The van der Waals surface area contributed by atoms with Gasteiger partial charge in [0.15, 0.2) is 0 Å². The molecule has 1 rings (SSSR count). The molecule has 0 aliphatic carbocycles. The predicted octanol–water partition coefficient (Wildman–Crippen LogP) is 2.92. The first-order valence-corrected chi connectivity index (χ1v) is 7.27. The minimum Gasteiger partial charge on any atom is -0.481 e. The van der Waals surface area contributed by atoms with E-state index in [1.165, 1.54) is 0 Å². The second kappa shape index (κ2) is 6.88. The Hall–Kier alpha value is -1.36. The molecule has 0 bridgehead atoms. The molecule has 2 N–H and O–H groups in total. The third-order valence-electron chi connectivity index (χ3n) is 3.25. The monoisotopic (exact) mass is 341 g/mol. The van der Waals surface area contributed by atoms with E-state index in [9.17, 15) is 9.59 Å². The second-order valence-electron chi connectivity index (χ2n) is 5.55. The number of aliphatic carboxylic acids is 1. The summed E-state index contributed by atoms with van der Waals surface area (Å²) in [5.74, 6) is -0.948. The first-order valence-electron chi connectivity index (χ1n) is 6.47. The molecule has 0 saturated carbocycles. The molecule has 0 saturated heterocycles. The van der Waals surface area contributed by atoms with Crippen molar-refractivity contribution in [1.29, 1.82) is 0 Å². The van der Waals surface area contributed by atoms with Crippen LogP contribution in [-0.2, 0) is 16.0 Å². The summed E-state index contributed by atoms with van der Waals surface area (Å²) in [6.07, 6.45) is 0.706. The number of benzene rings is 1. The van der Waals surface area contributed by atoms with Crippen molar-refractivity contribution in [3.05, 3.63) is 33.8 Å². The summed E-state index contributed by atoms with van der Waals surface area (Å²) in [5.41, 5.74) is 1.23. The van der Waals surface area contributed by atoms with Crippen LogP contribution in [0.1, 0.15) is 31.4 Å². The van der Waals surface area contributed by atoms with E-state index in [-0.39, 0.29) is 5.91 Å². The third kappa shape index (κ3) is 4.96. The molecule has 0 aromatic heterocycles. The van der Waals surface area contributed by atoms with Crippen LogP contribution >= 0.6 is 15.9 Å². The van der Waals surface area contributed by atoms with Crippen LogP contribution in [0.5, 0.6) is 0 Å². The maximum atomic E-state index is 11.8. The number of carbonyl (C=O) groups is 2. The van der Waals surface area contributed by atoms with E-state index in [1.807, 2.05) is 25.1 Å². The summed E-state index contributed by atoms with van der Waals surface area (Å²) in [7, 11) is 0. The van der Waals surface area contributed by atoms with Crippen LogP contribution in [-0.4, -0.2) is 23.5 Å². The van der Waals surface area contributed by atoms with Crippen molar-refractivity contribution in [2.45, 2.75) is 33.6 Å². The number of aryl methyl sites for hydroxylation is 1. The van der Waals surface area contributed by atoms with Gasteiger partial charge >= 0.3 is 5.97 Å². The maximum absolute atomic E-state index is 11.8. The smallest absolute Gasteiger partial charge is 0.309 e. The molecule has 5 heteroatoms. The Bertz CT molecular complexity index is 512. The molecule has 1 amide bonds. The fourth-order valence-electron chi connectivity index (χ4n) is 1.62. The molecule has 0 fully saturated rings. The van der Waals surface area contributed by atoms with Gasteiger partial charge in [-0.25, -0.2) is 0 Å². The molecule has 0 spiro atoms.